The van der Waals surface area contributed by atoms with Crippen molar-refractivity contribution in [1.29, 1.82) is 0 Å². The van der Waals surface area contributed by atoms with Gasteiger partial charge in [-0.05, 0) is 42.0 Å². The Balaban J connectivity index is 3.00. The van der Waals surface area contributed by atoms with Gasteiger partial charge >= 0.3 is 0 Å². The van der Waals surface area contributed by atoms with Crippen molar-refractivity contribution in [1.82, 2.24) is 0 Å². The summed E-state index contributed by atoms with van der Waals surface area (Å²) in [5, 5.41) is 0. The van der Waals surface area contributed by atoms with Crippen LogP contribution in [0, 0.1) is 6.07 Å². The van der Waals surface area contributed by atoms with Crippen LogP contribution in [0.2, 0.25) is 0 Å². The number of hydrogen-bond donors (Lipinski definition) is 0. The summed E-state index contributed by atoms with van der Waals surface area (Å²) < 4.78 is 0. The molecule has 1 aromatic rings. The van der Waals surface area contributed by atoms with Crippen LogP contribution in [0.4, 0.5) is 0 Å². The molecular formula is C15H17. The van der Waals surface area contributed by atoms with Gasteiger partial charge in [0.15, 0.2) is 0 Å². The second-order valence-electron chi connectivity index (χ2n) is 3.52. The molecular weight excluding hydrogens is 180 g/mol. The number of hydrogen-bond acceptors (Lipinski definition) is 0. The van der Waals surface area contributed by atoms with Gasteiger partial charge in [0.25, 0.3) is 0 Å². The Labute approximate surface area is 92.6 Å². The van der Waals surface area contributed by atoms with E-state index >= 15 is 0 Å². The van der Waals surface area contributed by atoms with E-state index in [-0.39, 0.29) is 0 Å². The van der Waals surface area contributed by atoms with Crippen LogP contribution in [0.5, 0.6) is 0 Å². The van der Waals surface area contributed by atoms with Crippen LogP contribution in [0.3, 0.4) is 0 Å². The van der Waals surface area contributed by atoms with Crippen LogP contribution >= 0.6 is 0 Å². The molecule has 1 rings (SSSR count). The summed E-state index contributed by atoms with van der Waals surface area (Å²) in [5.41, 5.74) is 3.68. The highest BCUT2D eigenvalue weighted by Crippen LogP contribution is 2.12. The van der Waals surface area contributed by atoms with Crippen LogP contribution in [-0.4, -0.2) is 0 Å². The minimum absolute atomic E-state index is 0.870. The number of allylic oxidation sites excluding steroid dienone is 3. The summed E-state index contributed by atoms with van der Waals surface area (Å²) in [7, 11) is 0. The first-order chi connectivity index (χ1) is 7.30. The van der Waals surface area contributed by atoms with Gasteiger partial charge in [-0.25, -0.2) is 0 Å². The topological polar surface area (TPSA) is 0 Å². The Morgan fingerprint density at radius 1 is 0.867 bits per heavy atom. The van der Waals surface area contributed by atoms with Crippen LogP contribution in [0.15, 0.2) is 50.1 Å². The van der Waals surface area contributed by atoms with Crippen molar-refractivity contribution in [2.24, 2.45) is 0 Å². The summed E-state index contributed by atoms with van der Waals surface area (Å²) >= 11 is 0. The van der Waals surface area contributed by atoms with E-state index in [9.17, 15) is 0 Å². The number of benzene rings is 1. The lowest BCUT2D eigenvalue weighted by molar-refractivity contribution is 1.15. The molecule has 0 aliphatic rings. The monoisotopic (exact) mass is 197 g/mol. The highest BCUT2D eigenvalue weighted by molar-refractivity contribution is 5.32. The maximum Gasteiger partial charge on any atom is -0.00938 e. The van der Waals surface area contributed by atoms with Crippen molar-refractivity contribution in [3.63, 3.8) is 0 Å². The fraction of sp³-hybridized carbons (Fsp3) is 0.200. The fourth-order valence-corrected chi connectivity index (χ4v) is 1.58. The lowest BCUT2D eigenvalue weighted by Gasteiger charge is -2.05. The molecule has 0 amide bonds. The predicted molar refractivity (Wildman–Crippen MR) is 67.0 cm³/mol. The van der Waals surface area contributed by atoms with Crippen LogP contribution in [0.1, 0.15) is 16.7 Å². The second kappa shape index (κ2) is 6.02. The Morgan fingerprint density at radius 2 is 1.33 bits per heavy atom. The highest BCUT2D eigenvalue weighted by atomic mass is 14.0. The standard InChI is InChI=1S/C15H17/c1-4-7-13-10-14(8-5-2)12-15(11-13)9-6-3/h4-6,10-11H,1-3,7-9H2. The lowest BCUT2D eigenvalue weighted by atomic mass is 10.00. The largest absolute Gasteiger partial charge is 0.103 e. The molecule has 0 bridgehead atoms. The van der Waals surface area contributed by atoms with Gasteiger partial charge in [0.1, 0.15) is 0 Å². The van der Waals surface area contributed by atoms with Crippen molar-refractivity contribution in [2.45, 2.75) is 19.3 Å². The summed E-state index contributed by atoms with van der Waals surface area (Å²) in [4.78, 5) is 0. The van der Waals surface area contributed by atoms with Gasteiger partial charge in [0, 0.05) is 0 Å². The molecule has 0 aliphatic carbocycles. The fourth-order valence-electron chi connectivity index (χ4n) is 1.58. The molecule has 0 unspecified atom stereocenters. The zero-order valence-electron chi connectivity index (χ0n) is 9.13. The first-order valence-corrected chi connectivity index (χ1v) is 5.16. The highest BCUT2D eigenvalue weighted by Gasteiger charge is 1.99. The minimum Gasteiger partial charge on any atom is -0.103 e. The quantitative estimate of drug-likeness (QED) is 0.610. The van der Waals surface area contributed by atoms with E-state index in [1.54, 1.807) is 0 Å². The van der Waals surface area contributed by atoms with Gasteiger partial charge in [0.2, 0.25) is 0 Å². The molecule has 0 nitrogen and oxygen atoms in total. The van der Waals surface area contributed by atoms with Gasteiger partial charge in [-0.3, -0.25) is 0 Å². The summed E-state index contributed by atoms with van der Waals surface area (Å²) in [6.07, 6.45) is 8.38. The van der Waals surface area contributed by atoms with E-state index in [0.29, 0.717) is 0 Å². The number of rotatable bonds is 6. The normalized spacial score (nSPS) is 9.60. The Hall–Kier alpha value is -1.56. The van der Waals surface area contributed by atoms with Crippen LogP contribution < -0.4 is 0 Å². The molecule has 0 N–H and O–H groups in total. The summed E-state index contributed by atoms with van der Waals surface area (Å²) in [6, 6.07) is 7.69. The molecule has 0 aromatic heterocycles. The van der Waals surface area contributed by atoms with Crippen LogP contribution in [-0.2, 0) is 19.3 Å². The van der Waals surface area contributed by atoms with Crippen molar-refractivity contribution in [3.05, 3.63) is 72.9 Å². The molecule has 77 valence electrons. The third kappa shape index (κ3) is 3.59. The molecule has 0 atom stereocenters. The molecule has 0 spiro atoms. The van der Waals surface area contributed by atoms with E-state index in [2.05, 4.69) is 37.9 Å². The molecule has 1 aromatic carbocycles. The van der Waals surface area contributed by atoms with Crippen LogP contribution in [0.25, 0.3) is 0 Å². The van der Waals surface area contributed by atoms with Gasteiger partial charge in [-0.1, -0.05) is 30.4 Å². The third-order valence-electron chi connectivity index (χ3n) is 2.15. The molecule has 15 heavy (non-hydrogen) atoms. The van der Waals surface area contributed by atoms with Gasteiger partial charge in [-0.2, -0.15) is 0 Å². The predicted octanol–water partition coefficient (Wildman–Crippen LogP) is 3.67. The van der Waals surface area contributed by atoms with Gasteiger partial charge < -0.3 is 0 Å². The SMILES string of the molecule is C=CCc1[c]c(CC=C)cc(CC=C)c1. The maximum absolute atomic E-state index is 3.76. The molecule has 1 radical (unpaired) electrons. The van der Waals surface area contributed by atoms with E-state index in [4.69, 9.17) is 0 Å². The summed E-state index contributed by atoms with van der Waals surface area (Å²) in [5.74, 6) is 0. The van der Waals surface area contributed by atoms with Crippen molar-refractivity contribution >= 4 is 0 Å². The molecule has 0 fully saturated rings. The Morgan fingerprint density at radius 3 is 1.73 bits per heavy atom. The smallest absolute Gasteiger partial charge is 0.00938 e. The first kappa shape index (κ1) is 11.5. The average Bonchev–Trinajstić information content (AvgIpc) is 2.19. The molecule has 0 saturated heterocycles. The third-order valence-corrected chi connectivity index (χ3v) is 2.15. The average molecular weight is 197 g/mol. The molecule has 0 heterocycles. The van der Waals surface area contributed by atoms with Crippen molar-refractivity contribution in [3.8, 4) is 0 Å². The Kier molecular flexibility index (Phi) is 4.62. The summed E-state index contributed by atoms with van der Waals surface area (Å²) in [6.45, 7) is 11.3. The van der Waals surface area contributed by atoms with Gasteiger partial charge in [0.05, 0.1) is 0 Å². The molecule has 0 saturated carbocycles. The first-order valence-electron chi connectivity index (χ1n) is 5.16. The Bertz CT molecular complexity index is 289. The van der Waals surface area contributed by atoms with E-state index < -0.39 is 0 Å². The minimum atomic E-state index is 0.870. The van der Waals surface area contributed by atoms with E-state index in [1.165, 1.54) is 16.7 Å². The van der Waals surface area contributed by atoms with E-state index in [0.717, 1.165) is 19.3 Å². The van der Waals surface area contributed by atoms with Crippen molar-refractivity contribution < 1.29 is 0 Å². The maximum atomic E-state index is 3.76. The van der Waals surface area contributed by atoms with Gasteiger partial charge in [-0.15, -0.1) is 19.7 Å². The lowest BCUT2D eigenvalue weighted by Crippen LogP contribution is -1.92. The zero-order chi connectivity index (χ0) is 11.1. The zero-order valence-corrected chi connectivity index (χ0v) is 9.13. The second-order valence-corrected chi connectivity index (χ2v) is 3.52. The molecule has 0 heteroatoms. The molecule has 0 aliphatic heterocycles. The van der Waals surface area contributed by atoms with Crippen molar-refractivity contribution in [2.75, 3.05) is 0 Å². The van der Waals surface area contributed by atoms with E-state index in [1.807, 2.05) is 18.2 Å².